The molecule has 0 aromatic heterocycles. The van der Waals surface area contributed by atoms with Crippen molar-refractivity contribution in [2.75, 3.05) is 13.1 Å². The van der Waals surface area contributed by atoms with E-state index in [2.05, 4.69) is 20.9 Å². The third kappa shape index (κ3) is 6.97. The molecule has 0 fully saturated rings. The van der Waals surface area contributed by atoms with E-state index in [4.69, 9.17) is 10.4 Å². The van der Waals surface area contributed by atoms with Gasteiger partial charge < -0.3 is 21.0 Å². The highest BCUT2D eigenvalue weighted by Gasteiger charge is 2.15. The normalized spacial score (nSPS) is 11.8. The molecule has 0 saturated carbocycles. The van der Waals surface area contributed by atoms with E-state index >= 15 is 0 Å². The predicted molar refractivity (Wildman–Crippen MR) is 105 cm³/mol. The minimum absolute atomic E-state index is 0.00599. The molecule has 0 spiro atoms. The van der Waals surface area contributed by atoms with Crippen molar-refractivity contribution in [2.45, 2.75) is 12.8 Å². The first kappa shape index (κ1) is 22.5. The topological polar surface area (TPSA) is 123 Å². The molecule has 10 heteroatoms. The van der Waals surface area contributed by atoms with Gasteiger partial charge >= 0.3 is 0 Å². The van der Waals surface area contributed by atoms with Gasteiger partial charge in [0.1, 0.15) is 23.1 Å². The molecule has 2 amide bonds. The van der Waals surface area contributed by atoms with E-state index in [1.54, 1.807) is 0 Å². The number of rotatable bonds is 9. The first-order chi connectivity index (χ1) is 14.4. The quantitative estimate of drug-likeness (QED) is 0.214. The molecule has 158 valence electrons. The van der Waals surface area contributed by atoms with Crippen LogP contribution in [0.4, 0.5) is 8.78 Å². The third-order valence-electron chi connectivity index (χ3n) is 4.03. The van der Waals surface area contributed by atoms with Gasteiger partial charge in [-0.1, -0.05) is 34.6 Å². The van der Waals surface area contributed by atoms with Crippen LogP contribution in [0, 0.1) is 11.6 Å². The second kappa shape index (κ2) is 11.2. The SMILES string of the molecule is O=C(NCCNC(=O)C(Cc1ccc(F)cc1)=NO)C(Cc1ccc(F)cc1)=NO. The molecule has 2 rings (SSSR count). The van der Waals surface area contributed by atoms with Gasteiger partial charge in [0.05, 0.1) is 0 Å². The summed E-state index contributed by atoms with van der Waals surface area (Å²) in [5, 5.41) is 28.9. The maximum atomic E-state index is 12.9. The monoisotopic (exact) mass is 418 g/mol. The lowest BCUT2D eigenvalue weighted by Crippen LogP contribution is -2.40. The average molecular weight is 418 g/mol. The number of hydrogen-bond acceptors (Lipinski definition) is 6. The van der Waals surface area contributed by atoms with E-state index in [-0.39, 0.29) is 37.4 Å². The molecule has 0 aliphatic carbocycles. The number of nitrogens with one attached hydrogen (secondary N) is 2. The highest BCUT2D eigenvalue weighted by atomic mass is 19.1. The van der Waals surface area contributed by atoms with E-state index in [1.807, 2.05) is 0 Å². The van der Waals surface area contributed by atoms with E-state index in [0.717, 1.165) is 0 Å². The molecule has 0 aliphatic rings. The predicted octanol–water partition coefficient (Wildman–Crippen LogP) is 1.64. The van der Waals surface area contributed by atoms with Crippen LogP contribution in [0.1, 0.15) is 11.1 Å². The van der Waals surface area contributed by atoms with Crippen molar-refractivity contribution in [3.8, 4) is 0 Å². The summed E-state index contributed by atoms with van der Waals surface area (Å²) in [7, 11) is 0. The number of halogens is 2. The van der Waals surface area contributed by atoms with Crippen LogP contribution in [0.15, 0.2) is 58.8 Å². The molecule has 0 heterocycles. The molecule has 0 radical (unpaired) electrons. The Morgan fingerprint density at radius 3 is 1.33 bits per heavy atom. The third-order valence-corrected chi connectivity index (χ3v) is 4.03. The number of nitrogens with zero attached hydrogens (tertiary/aromatic N) is 2. The highest BCUT2D eigenvalue weighted by Crippen LogP contribution is 2.05. The molecule has 2 aromatic rings. The van der Waals surface area contributed by atoms with Gasteiger partial charge in [-0.15, -0.1) is 0 Å². The number of hydrogen-bond donors (Lipinski definition) is 4. The zero-order valence-corrected chi connectivity index (χ0v) is 15.8. The Hall–Kier alpha value is -3.82. The minimum atomic E-state index is -0.654. The zero-order chi connectivity index (χ0) is 21.9. The molecule has 4 N–H and O–H groups in total. The molecule has 2 aromatic carbocycles. The van der Waals surface area contributed by atoms with E-state index in [1.165, 1.54) is 48.5 Å². The Labute approximate surface area is 170 Å². The highest BCUT2D eigenvalue weighted by molar-refractivity contribution is 6.39. The van der Waals surface area contributed by atoms with Crippen LogP contribution in [0.3, 0.4) is 0 Å². The second-order valence-electron chi connectivity index (χ2n) is 6.21. The molecule has 30 heavy (non-hydrogen) atoms. The van der Waals surface area contributed by atoms with Crippen LogP contribution >= 0.6 is 0 Å². The van der Waals surface area contributed by atoms with Crippen molar-refractivity contribution in [3.63, 3.8) is 0 Å². The van der Waals surface area contributed by atoms with Crippen molar-refractivity contribution >= 4 is 23.2 Å². The molecule has 0 unspecified atom stereocenters. The standard InChI is InChI=1S/C20H20F2N4O4/c21-15-5-1-13(2-6-15)11-17(25-29)19(27)23-9-10-24-20(28)18(26-30)12-14-3-7-16(22)8-4-14/h1-8,29-30H,9-12H2,(H,23,27)(H,24,28). The summed E-state index contributed by atoms with van der Waals surface area (Å²) >= 11 is 0. The summed E-state index contributed by atoms with van der Waals surface area (Å²) in [6.45, 7) is 0.0323. The lowest BCUT2D eigenvalue weighted by atomic mass is 10.1. The molecule has 0 aliphatic heterocycles. The van der Waals surface area contributed by atoms with Crippen LogP contribution in [0.2, 0.25) is 0 Å². The Bertz CT molecular complexity index is 851. The fraction of sp³-hybridized carbons (Fsp3) is 0.200. The van der Waals surface area contributed by atoms with Gasteiger partial charge in [0.15, 0.2) is 0 Å². The number of amides is 2. The summed E-state index contributed by atoms with van der Waals surface area (Å²) in [6, 6.07) is 10.8. The number of benzene rings is 2. The molecule has 0 saturated heterocycles. The Balaban J connectivity index is 1.77. The lowest BCUT2D eigenvalue weighted by Gasteiger charge is -2.09. The van der Waals surface area contributed by atoms with E-state index in [9.17, 15) is 18.4 Å². The maximum Gasteiger partial charge on any atom is 0.269 e. The Morgan fingerprint density at radius 2 is 1.03 bits per heavy atom. The van der Waals surface area contributed by atoms with Crippen molar-refractivity contribution in [1.29, 1.82) is 0 Å². The van der Waals surface area contributed by atoms with Gasteiger partial charge in [0, 0.05) is 25.9 Å². The maximum absolute atomic E-state index is 12.9. The zero-order valence-electron chi connectivity index (χ0n) is 15.8. The first-order valence-electron chi connectivity index (χ1n) is 8.90. The van der Waals surface area contributed by atoms with Crippen molar-refractivity contribution < 1.29 is 28.8 Å². The van der Waals surface area contributed by atoms with Crippen LogP contribution in [0.5, 0.6) is 0 Å². The molecule has 8 nitrogen and oxygen atoms in total. The molecule has 0 atom stereocenters. The van der Waals surface area contributed by atoms with Crippen LogP contribution in [0.25, 0.3) is 0 Å². The molecule has 0 bridgehead atoms. The van der Waals surface area contributed by atoms with E-state index in [0.29, 0.717) is 11.1 Å². The van der Waals surface area contributed by atoms with Crippen LogP contribution < -0.4 is 10.6 Å². The van der Waals surface area contributed by atoms with Crippen molar-refractivity contribution in [2.24, 2.45) is 10.3 Å². The average Bonchev–Trinajstić information content (AvgIpc) is 2.75. The van der Waals surface area contributed by atoms with Gasteiger partial charge in [0.25, 0.3) is 11.8 Å². The van der Waals surface area contributed by atoms with Gasteiger partial charge in [-0.3, -0.25) is 9.59 Å². The molecular formula is C20H20F2N4O4. The van der Waals surface area contributed by atoms with Gasteiger partial charge in [-0.2, -0.15) is 0 Å². The summed E-state index contributed by atoms with van der Waals surface area (Å²) in [5.41, 5.74) is 0.804. The minimum Gasteiger partial charge on any atom is -0.410 e. The van der Waals surface area contributed by atoms with E-state index < -0.39 is 23.4 Å². The lowest BCUT2D eigenvalue weighted by molar-refractivity contribution is -0.116. The van der Waals surface area contributed by atoms with Crippen molar-refractivity contribution in [3.05, 3.63) is 71.3 Å². The molecular weight excluding hydrogens is 398 g/mol. The first-order valence-corrected chi connectivity index (χ1v) is 8.90. The smallest absolute Gasteiger partial charge is 0.269 e. The van der Waals surface area contributed by atoms with Crippen LogP contribution in [-0.4, -0.2) is 46.7 Å². The number of carbonyl (C=O) groups excluding carboxylic acids is 2. The fourth-order valence-electron chi connectivity index (χ4n) is 2.47. The Kier molecular flexibility index (Phi) is 8.42. The second-order valence-corrected chi connectivity index (χ2v) is 6.21. The fourth-order valence-corrected chi connectivity index (χ4v) is 2.47. The van der Waals surface area contributed by atoms with Gasteiger partial charge in [-0.05, 0) is 35.4 Å². The summed E-state index contributed by atoms with van der Waals surface area (Å²) in [6.07, 6.45) is -0.0120. The van der Waals surface area contributed by atoms with Crippen LogP contribution in [-0.2, 0) is 22.4 Å². The van der Waals surface area contributed by atoms with Gasteiger partial charge in [-0.25, -0.2) is 8.78 Å². The van der Waals surface area contributed by atoms with Gasteiger partial charge in [0.2, 0.25) is 0 Å². The number of oxime groups is 2. The number of carbonyl (C=O) groups is 2. The Morgan fingerprint density at radius 1 is 0.700 bits per heavy atom. The van der Waals surface area contributed by atoms with Crippen molar-refractivity contribution in [1.82, 2.24) is 10.6 Å². The summed E-state index contributed by atoms with van der Waals surface area (Å²) in [5.74, 6) is -2.16. The summed E-state index contributed by atoms with van der Waals surface area (Å²) < 4.78 is 25.8. The largest absolute Gasteiger partial charge is 0.410 e. The summed E-state index contributed by atoms with van der Waals surface area (Å²) in [4.78, 5) is 24.1.